The lowest BCUT2D eigenvalue weighted by Crippen LogP contribution is -2.48. The molecule has 27 heavy (non-hydrogen) atoms. The molecule has 1 N–H and O–H groups in total. The first-order chi connectivity index (χ1) is 13.0. The molecular weight excluding hydrogens is 336 g/mol. The average molecular weight is 373 g/mol. The molecule has 2 fully saturated rings. The Labute approximate surface area is 164 Å². The molecule has 0 aromatic heterocycles. The second-order valence-electron chi connectivity index (χ2n) is 8.84. The van der Waals surface area contributed by atoms with Gasteiger partial charge in [0.1, 0.15) is 0 Å². The maximum atomic E-state index is 11.8. The van der Waals surface area contributed by atoms with Crippen molar-refractivity contribution < 1.29 is 4.79 Å². The van der Waals surface area contributed by atoms with Crippen molar-refractivity contribution in [2.45, 2.75) is 45.1 Å². The largest absolute Gasteiger partial charge is 0.369 e. The SMILES string of the molecule is CN(C)C(=O)NC1CCC(C)(CCN2CCN(c3ccccc3)CC2)CC1. The number of rotatable bonds is 5. The molecule has 0 radical (unpaired) electrons. The van der Waals surface area contributed by atoms with Crippen LogP contribution in [0.3, 0.4) is 0 Å². The highest BCUT2D eigenvalue weighted by molar-refractivity contribution is 5.73. The Bertz CT molecular complexity index is 588. The number of hydrogen-bond donors (Lipinski definition) is 1. The minimum absolute atomic E-state index is 0.0416. The normalized spacial score (nSPS) is 26.6. The number of amides is 2. The average Bonchev–Trinajstić information content (AvgIpc) is 2.69. The molecule has 0 unspecified atom stereocenters. The van der Waals surface area contributed by atoms with Crippen molar-refractivity contribution in [3.05, 3.63) is 30.3 Å². The predicted octanol–water partition coefficient (Wildman–Crippen LogP) is 3.42. The third kappa shape index (κ3) is 5.61. The summed E-state index contributed by atoms with van der Waals surface area (Å²) in [5.74, 6) is 0. The fraction of sp³-hybridized carbons (Fsp3) is 0.682. The van der Waals surface area contributed by atoms with Crippen LogP contribution in [0.4, 0.5) is 10.5 Å². The van der Waals surface area contributed by atoms with Gasteiger partial charge in [-0.2, -0.15) is 0 Å². The van der Waals surface area contributed by atoms with Crippen molar-refractivity contribution in [3.63, 3.8) is 0 Å². The number of hydrogen-bond acceptors (Lipinski definition) is 3. The second kappa shape index (κ2) is 8.96. The van der Waals surface area contributed by atoms with E-state index in [1.54, 1.807) is 19.0 Å². The van der Waals surface area contributed by atoms with E-state index in [1.807, 2.05) is 0 Å². The van der Waals surface area contributed by atoms with Crippen LogP contribution in [0.25, 0.3) is 0 Å². The van der Waals surface area contributed by atoms with Crippen molar-refractivity contribution in [2.24, 2.45) is 5.41 Å². The molecule has 1 aromatic rings. The maximum Gasteiger partial charge on any atom is 0.317 e. The number of piperazine rings is 1. The monoisotopic (exact) mass is 372 g/mol. The lowest BCUT2D eigenvalue weighted by molar-refractivity contribution is 0.136. The van der Waals surface area contributed by atoms with E-state index in [0.717, 1.165) is 39.0 Å². The third-order valence-corrected chi connectivity index (χ3v) is 6.45. The highest BCUT2D eigenvalue weighted by Gasteiger charge is 2.32. The van der Waals surface area contributed by atoms with Gasteiger partial charge in [0.25, 0.3) is 0 Å². The summed E-state index contributed by atoms with van der Waals surface area (Å²) in [5, 5.41) is 3.15. The van der Waals surface area contributed by atoms with Gasteiger partial charge in [-0.1, -0.05) is 25.1 Å². The van der Waals surface area contributed by atoms with Crippen molar-refractivity contribution in [1.29, 1.82) is 0 Å². The maximum absolute atomic E-state index is 11.8. The minimum atomic E-state index is 0.0416. The fourth-order valence-electron chi connectivity index (χ4n) is 4.31. The van der Waals surface area contributed by atoms with Gasteiger partial charge < -0.3 is 15.1 Å². The fourth-order valence-corrected chi connectivity index (χ4v) is 4.31. The lowest BCUT2D eigenvalue weighted by atomic mass is 9.72. The molecule has 1 aromatic carbocycles. The van der Waals surface area contributed by atoms with E-state index in [1.165, 1.54) is 31.5 Å². The van der Waals surface area contributed by atoms with Gasteiger partial charge in [-0.15, -0.1) is 0 Å². The summed E-state index contributed by atoms with van der Waals surface area (Å²) >= 11 is 0. The second-order valence-corrected chi connectivity index (χ2v) is 8.84. The lowest BCUT2D eigenvalue weighted by Gasteiger charge is -2.41. The van der Waals surface area contributed by atoms with E-state index in [4.69, 9.17) is 0 Å². The van der Waals surface area contributed by atoms with E-state index >= 15 is 0 Å². The van der Waals surface area contributed by atoms with Gasteiger partial charge in [0.15, 0.2) is 0 Å². The molecule has 2 amide bonds. The molecule has 1 aliphatic carbocycles. The first-order valence-corrected chi connectivity index (χ1v) is 10.5. The summed E-state index contributed by atoms with van der Waals surface area (Å²) in [5.41, 5.74) is 1.78. The van der Waals surface area contributed by atoms with Crippen LogP contribution in [0.15, 0.2) is 30.3 Å². The summed E-state index contributed by atoms with van der Waals surface area (Å²) < 4.78 is 0. The Balaban J connectivity index is 1.38. The molecule has 3 rings (SSSR count). The number of urea groups is 1. The highest BCUT2D eigenvalue weighted by Crippen LogP contribution is 2.39. The molecule has 1 saturated heterocycles. The Morgan fingerprint density at radius 2 is 1.74 bits per heavy atom. The summed E-state index contributed by atoms with van der Waals surface area (Å²) in [4.78, 5) is 18.6. The summed E-state index contributed by atoms with van der Waals surface area (Å²) in [6.45, 7) is 8.21. The number of benzene rings is 1. The van der Waals surface area contributed by atoms with Crippen molar-refractivity contribution in [3.8, 4) is 0 Å². The number of anilines is 1. The first-order valence-electron chi connectivity index (χ1n) is 10.5. The van der Waals surface area contributed by atoms with E-state index in [2.05, 4.69) is 52.4 Å². The topological polar surface area (TPSA) is 38.8 Å². The van der Waals surface area contributed by atoms with Crippen LogP contribution in [-0.4, -0.2) is 68.7 Å². The molecule has 5 nitrogen and oxygen atoms in total. The van der Waals surface area contributed by atoms with Crippen LogP contribution in [0.2, 0.25) is 0 Å². The Kier molecular flexibility index (Phi) is 6.64. The van der Waals surface area contributed by atoms with Gasteiger partial charge in [0, 0.05) is 52.0 Å². The summed E-state index contributed by atoms with van der Waals surface area (Å²) in [6, 6.07) is 11.2. The molecule has 0 spiro atoms. The summed E-state index contributed by atoms with van der Waals surface area (Å²) in [6.07, 6.45) is 5.92. The van der Waals surface area contributed by atoms with Crippen molar-refractivity contribution in [2.75, 3.05) is 51.7 Å². The van der Waals surface area contributed by atoms with E-state index < -0.39 is 0 Å². The quantitative estimate of drug-likeness (QED) is 0.861. The van der Waals surface area contributed by atoms with Gasteiger partial charge in [0.05, 0.1) is 0 Å². The first kappa shape index (κ1) is 20.0. The zero-order valence-electron chi connectivity index (χ0n) is 17.3. The molecule has 5 heteroatoms. The Morgan fingerprint density at radius 3 is 2.33 bits per heavy atom. The molecule has 2 aliphatic rings. The smallest absolute Gasteiger partial charge is 0.317 e. The van der Waals surface area contributed by atoms with Gasteiger partial charge in [-0.05, 0) is 56.2 Å². The van der Waals surface area contributed by atoms with Crippen LogP contribution >= 0.6 is 0 Å². The van der Waals surface area contributed by atoms with E-state index in [9.17, 15) is 4.79 Å². The number of carbonyl (C=O) groups is 1. The zero-order valence-corrected chi connectivity index (χ0v) is 17.3. The van der Waals surface area contributed by atoms with Crippen LogP contribution < -0.4 is 10.2 Å². The predicted molar refractivity (Wildman–Crippen MR) is 112 cm³/mol. The molecule has 1 heterocycles. The Hall–Kier alpha value is -1.75. The molecule has 1 aliphatic heterocycles. The third-order valence-electron chi connectivity index (χ3n) is 6.45. The van der Waals surface area contributed by atoms with Gasteiger partial charge in [-0.3, -0.25) is 4.90 Å². The van der Waals surface area contributed by atoms with Crippen LogP contribution in [0.1, 0.15) is 39.0 Å². The number of carbonyl (C=O) groups excluding carboxylic acids is 1. The van der Waals surface area contributed by atoms with E-state index in [0.29, 0.717) is 11.5 Å². The molecular formula is C22H36N4O. The van der Waals surface area contributed by atoms with Crippen molar-refractivity contribution >= 4 is 11.7 Å². The number of nitrogens with zero attached hydrogens (tertiary/aromatic N) is 3. The molecule has 0 atom stereocenters. The Morgan fingerprint density at radius 1 is 1.11 bits per heavy atom. The van der Waals surface area contributed by atoms with Crippen molar-refractivity contribution in [1.82, 2.24) is 15.1 Å². The summed E-state index contributed by atoms with van der Waals surface area (Å²) in [7, 11) is 3.61. The molecule has 150 valence electrons. The number of para-hydroxylation sites is 1. The zero-order chi connectivity index (χ0) is 19.3. The van der Waals surface area contributed by atoms with E-state index in [-0.39, 0.29) is 6.03 Å². The standard InChI is InChI=1S/C22H36N4O/c1-22(11-9-19(10-12-22)23-21(27)24(2)3)13-14-25-15-17-26(18-16-25)20-7-5-4-6-8-20/h4-8,19H,9-18H2,1-3H3,(H,23,27). The number of nitrogens with one attached hydrogen (secondary N) is 1. The van der Waals surface area contributed by atoms with Crippen LogP contribution in [-0.2, 0) is 0 Å². The minimum Gasteiger partial charge on any atom is -0.369 e. The van der Waals surface area contributed by atoms with Crippen LogP contribution in [0, 0.1) is 5.41 Å². The van der Waals surface area contributed by atoms with Crippen LogP contribution in [0.5, 0.6) is 0 Å². The molecule has 0 bridgehead atoms. The van der Waals surface area contributed by atoms with Gasteiger partial charge in [0.2, 0.25) is 0 Å². The van der Waals surface area contributed by atoms with Gasteiger partial charge in [-0.25, -0.2) is 4.79 Å². The van der Waals surface area contributed by atoms with Gasteiger partial charge >= 0.3 is 6.03 Å². The molecule has 1 saturated carbocycles. The highest BCUT2D eigenvalue weighted by atomic mass is 16.2.